The van der Waals surface area contributed by atoms with Gasteiger partial charge < -0.3 is 15.5 Å². The van der Waals surface area contributed by atoms with Gasteiger partial charge in [0.1, 0.15) is 0 Å². The van der Waals surface area contributed by atoms with Gasteiger partial charge in [0.05, 0.1) is 18.8 Å². The summed E-state index contributed by atoms with van der Waals surface area (Å²) in [6, 6.07) is -0.540. The molecule has 66 heavy (non-hydrogen) atoms. The number of aliphatic hydroxyl groups is 2. The van der Waals surface area contributed by atoms with E-state index in [1.165, 1.54) is 205 Å². The second-order valence-electron chi connectivity index (χ2n) is 19.7. The zero-order valence-electron chi connectivity index (χ0n) is 44.2. The molecule has 0 fully saturated rings. The van der Waals surface area contributed by atoms with E-state index in [4.69, 9.17) is 0 Å². The zero-order chi connectivity index (χ0) is 47.7. The molecule has 4 heteroatoms. The summed E-state index contributed by atoms with van der Waals surface area (Å²) >= 11 is 0. The highest BCUT2D eigenvalue weighted by atomic mass is 16.3. The van der Waals surface area contributed by atoms with Crippen molar-refractivity contribution in [3.8, 4) is 0 Å². The van der Waals surface area contributed by atoms with Crippen molar-refractivity contribution in [1.29, 1.82) is 0 Å². The SMILES string of the molecule is CC/C=C\C/C=C\C/C=C\C/C=C\C/C=C\C/C=C\CCCCCCCCCCCCCCCCC(=O)NC(CO)C(O)CCCCCCCCCCCCCCCCCCCCCCC. The predicted molar refractivity (Wildman–Crippen MR) is 294 cm³/mol. The average Bonchev–Trinajstić information content (AvgIpc) is 3.32. The molecule has 0 spiro atoms. The van der Waals surface area contributed by atoms with Crippen LogP contribution >= 0.6 is 0 Å². The molecule has 0 aromatic rings. The maximum Gasteiger partial charge on any atom is 0.220 e. The molecule has 4 nitrogen and oxygen atoms in total. The number of amides is 1. The molecule has 384 valence electrons. The summed E-state index contributed by atoms with van der Waals surface area (Å²) in [6.07, 6.45) is 81.8. The quantitative estimate of drug-likeness (QED) is 0.0421. The van der Waals surface area contributed by atoms with Gasteiger partial charge in [-0.2, -0.15) is 0 Å². The van der Waals surface area contributed by atoms with Gasteiger partial charge in [0.2, 0.25) is 5.91 Å². The van der Waals surface area contributed by atoms with E-state index < -0.39 is 12.1 Å². The maximum absolute atomic E-state index is 12.5. The van der Waals surface area contributed by atoms with E-state index in [2.05, 4.69) is 92.1 Å². The number of rotatable bonds is 53. The van der Waals surface area contributed by atoms with Gasteiger partial charge in [-0.1, -0.05) is 299 Å². The smallest absolute Gasteiger partial charge is 0.220 e. The van der Waals surface area contributed by atoms with E-state index >= 15 is 0 Å². The lowest BCUT2D eigenvalue weighted by Gasteiger charge is -2.22. The largest absolute Gasteiger partial charge is 0.394 e. The van der Waals surface area contributed by atoms with Crippen molar-refractivity contribution in [2.45, 2.75) is 309 Å². The van der Waals surface area contributed by atoms with Gasteiger partial charge in [0, 0.05) is 6.42 Å². The van der Waals surface area contributed by atoms with E-state index in [1.54, 1.807) is 0 Å². The van der Waals surface area contributed by atoms with Crippen LogP contribution in [0.2, 0.25) is 0 Å². The van der Waals surface area contributed by atoms with Gasteiger partial charge in [-0.25, -0.2) is 0 Å². The maximum atomic E-state index is 12.5. The first kappa shape index (κ1) is 63.8. The third-order valence-electron chi connectivity index (χ3n) is 13.2. The number of nitrogens with one attached hydrogen (secondary N) is 1. The number of hydrogen-bond acceptors (Lipinski definition) is 3. The van der Waals surface area contributed by atoms with E-state index in [0.717, 1.165) is 64.2 Å². The molecule has 3 N–H and O–H groups in total. The van der Waals surface area contributed by atoms with Gasteiger partial charge in [-0.05, 0) is 64.2 Å². The summed E-state index contributed by atoms with van der Waals surface area (Å²) in [4.78, 5) is 12.5. The molecule has 0 aliphatic carbocycles. The summed E-state index contributed by atoms with van der Waals surface area (Å²) in [5.74, 6) is -0.0308. The third kappa shape index (κ3) is 52.8. The Morgan fingerprint density at radius 2 is 0.667 bits per heavy atom. The molecule has 1 amide bonds. The normalized spacial score (nSPS) is 13.3. The Balaban J connectivity index is 3.48. The fraction of sp³-hybridized carbons (Fsp3) is 0.790. The Bertz CT molecular complexity index is 1130. The molecule has 0 saturated carbocycles. The number of carbonyl (C=O) groups excluding carboxylic acids is 1. The number of aliphatic hydroxyl groups excluding tert-OH is 2. The summed E-state index contributed by atoms with van der Waals surface area (Å²) in [6.45, 7) is 4.27. The number of hydrogen-bond donors (Lipinski definition) is 3. The molecule has 0 aromatic heterocycles. The Hall–Kier alpha value is -2.17. The average molecular weight is 921 g/mol. The Morgan fingerprint density at radius 3 is 1.00 bits per heavy atom. The fourth-order valence-corrected chi connectivity index (χ4v) is 8.84. The molecule has 0 aliphatic heterocycles. The molecule has 0 aromatic carbocycles. The van der Waals surface area contributed by atoms with Crippen molar-refractivity contribution in [1.82, 2.24) is 5.32 Å². The van der Waals surface area contributed by atoms with Crippen LogP contribution < -0.4 is 5.32 Å². The lowest BCUT2D eigenvalue weighted by molar-refractivity contribution is -0.123. The highest BCUT2D eigenvalue weighted by Crippen LogP contribution is 2.17. The monoisotopic (exact) mass is 920 g/mol. The lowest BCUT2D eigenvalue weighted by Crippen LogP contribution is -2.45. The van der Waals surface area contributed by atoms with Crippen LogP contribution in [0.1, 0.15) is 296 Å². The van der Waals surface area contributed by atoms with E-state index in [1.807, 2.05) is 0 Å². The van der Waals surface area contributed by atoms with Crippen LogP contribution in [0.4, 0.5) is 0 Å². The van der Waals surface area contributed by atoms with Gasteiger partial charge in [-0.3, -0.25) is 4.79 Å². The summed E-state index contributed by atoms with van der Waals surface area (Å²) in [7, 11) is 0. The first-order valence-electron chi connectivity index (χ1n) is 29.1. The molecule has 0 saturated heterocycles. The Kier molecular flexibility index (Phi) is 55.3. The van der Waals surface area contributed by atoms with Crippen LogP contribution in [0.5, 0.6) is 0 Å². The number of carbonyl (C=O) groups is 1. The summed E-state index contributed by atoms with van der Waals surface area (Å²) in [5.41, 5.74) is 0. The van der Waals surface area contributed by atoms with Crippen LogP contribution in [-0.4, -0.2) is 34.9 Å². The second kappa shape index (κ2) is 57.1. The van der Waals surface area contributed by atoms with Crippen LogP contribution in [0.3, 0.4) is 0 Å². The summed E-state index contributed by atoms with van der Waals surface area (Å²) in [5, 5.41) is 23.4. The molecule has 0 bridgehead atoms. The number of unbranched alkanes of at least 4 members (excludes halogenated alkanes) is 34. The third-order valence-corrected chi connectivity index (χ3v) is 13.2. The van der Waals surface area contributed by atoms with Crippen molar-refractivity contribution >= 4 is 5.91 Å². The minimum Gasteiger partial charge on any atom is -0.394 e. The topological polar surface area (TPSA) is 69.6 Å². The predicted octanol–water partition coefficient (Wildman–Crippen LogP) is 19.4. The van der Waals surface area contributed by atoms with Crippen LogP contribution in [0, 0.1) is 0 Å². The first-order chi connectivity index (χ1) is 32.7. The van der Waals surface area contributed by atoms with Crippen molar-refractivity contribution in [2.24, 2.45) is 0 Å². The van der Waals surface area contributed by atoms with Crippen LogP contribution in [0.25, 0.3) is 0 Å². The van der Waals surface area contributed by atoms with E-state index in [0.29, 0.717) is 12.8 Å². The first-order valence-corrected chi connectivity index (χ1v) is 29.1. The fourth-order valence-electron chi connectivity index (χ4n) is 8.84. The zero-order valence-corrected chi connectivity index (χ0v) is 44.2. The highest BCUT2D eigenvalue weighted by Gasteiger charge is 2.20. The molecule has 0 aliphatic rings. The minimum atomic E-state index is -0.663. The van der Waals surface area contributed by atoms with Gasteiger partial charge in [-0.15, -0.1) is 0 Å². The van der Waals surface area contributed by atoms with Crippen molar-refractivity contribution in [2.75, 3.05) is 6.61 Å². The Morgan fingerprint density at radius 1 is 0.379 bits per heavy atom. The van der Waals surface area contributed by atoms with Crippen LogP contribution in [-0.2, 0) is 4.79 Å². The number of allylic oxidation sites excluding steroid dienone is 12. The molecular weight excluding hydrogens is 807 g/mol. The Labute approximate surface area is 412 Å². The van der Waals surface area contributed by atoms with Gasteiger partial charge in [0.25, 0.3) is 0 Å². The van der Waals surface area contributed by atoms with E-state index in [-0.39, 0.29) is 12.5 Å². The van der Waals surface area contributed by atoms with Gasteiger partial charge in [0.15, 0.2) is 0 Å². The van der Waals surface area contributed by atoms with E-state index in [9.17, 15) is 15.0 Å². The standard InChI is InChI=1S/C62H113NO3/c1-3-5-7-9-11-13-15-17-19-21-23-25-26-27-28-29-30-31-32-33-34-35-36-38-40-42-44-46-48-50-52-54-56-58-62(66)63-60(59-64)61(65)57-55-53-51-49-47-45-43-41-39-37-24-22-20-18-16-14-12-10-8-6-4-2/h5,7,11,13,17,19,23,25,27-28,30-31,60-61,64-65H,3-4,6,8-10,12,14-16,18,20-22,24,26,29,32-59H2,1-2H3,(H,63,66)/b7-5-,13-11-,19-17-,25-23-,28-27-,31-30-. The second-order valence-corrected chi connectivity index (χ2v) is 19.7. The van der Waals surface area contributed by atoms with Crippen molar-refractivity contribution in [3.05, 3.63) is 72.9 Å². The van der Waals surface area contributed by atoms with Crippen molar-refractivity contribution < 1.29 is 15.0 Å². The molecular formula is C62H113NO3. The molecule has 2 atom stereocenters. The summed E-state index contributed by atoms with van der Waals surface area (Å²) < 4.78 is 0. The minimum absolute atomic E-state index is 0.0308. The molecule has 0 rings (SSSR count). The lowest BCUT2D eigenvalue weighted by atomic mass is 10.0. The molecule has 2 unspecified atom stereocenters. The van der Waals surface area contributed by atoms with Crippen molar-refractivity contribution in [3.63, 3.8) is 0 Å². The highest BCUT2D eigenvalue weighted by molar-refractivity contribution is 5.76. The van der Waals surface area contributed by atoms with Crippen LogP contribution in [0.15, 0.2) is 72.9 Å². The molecule has 0 radical (unpaired) electrons. The van der Waals surface area contributed by atoms with Gasteiger partial charge >= 0.3 is 0 Å². The molecule has 0 heterocycles.